The van der Waals surface area contributed by atoms with Crippen LogP contribution in [0.25, 0.3) is 0 Å². The van der Waals surface area contributed by atoms with Crippen molar-refractivity contribution in [3.05, 3.63) is 35.9 Å². The van der Waals surface area contributed by atoms with Crippen LogP contribution in [-0.2, 0) is 6.42 Å². The number of hydrogen-bond acceptors (Lipinski definition) is 2. The molecule has 0 aliphatic heterocycles. The zero-order chi connectivity index (χ0) is 15.0. The summed E-state index contributed by atoms with van der Waals surface area (Å²) in [5, 5.41) is 3.74. The van der Waals surface area contributed by atoms with Crippen LogP contribution in [0.5, 0.6) is 0 Å². The van der Waals surface area contributed by atoms with E-state index in [1.165, 1.54) is 24.8 Å². The molecule has 0 fully saturated rings. The molecule has 0 bridgehead atoms. The Labute approximate surface area is 125 Å². The molecule has 1 unspecified atom stereocenters. The van der Waals surface area contributed by atoms with Gasteiger partial charge in [-0.1, -0.05) is 51.1 Å². The van der Waals surface area contributed by atoms with Crippen LogP contribution < -0.4 is 5.32 Å². The molecule has 0 aliphatic carbocycles. The van der Waals surface area contributed by atoms with Gasteiger partial charge in [0.15, 0.2) is 0 Å². The van der Waals surface area contributed by atoms with Crippen molar-refractivity contribution in [2.75, 3.05) is 20.6 Å². The minimum Gasteiger partial charge on any atom is -0.312 e. The molecule has 0 radical (unpaired) electrons. The number of rotatable bonds is 9. The number of nitrogens with zero attached hydrogens (tertiary/aromatic N) is 1. The molecule has 20 heavy (non-hydrogen) atoms. The molecule has 0 aliphatic rings. The number of nitrogens with one attached hydrogen (secondary N) is 1. The first-order chi connectivity index (χ1) is 9.60. The molecule has 1 atom stereocenters. The van der Waals surface area contributed by atoms with Gasteiger partial charge in [0.25, 0.3) is 0 Å². The minimum absolute atomic E-state index is 0.255. The van der Waals surface area contributed by atoms with Crippen molar-refractivity contribution >= 4 is 0 Å². The average Bonchev–Trinajstić information content (AvgIpc) is 2.47. The lowest BCUT2D eigenvalue weighted by Gasteiger charge is -2.45. The zero-order valence-corrected chi connectivity index (χ0v) is 13.9. The molecule has 0 amide bonds. The lowest BCUT2D eigenvalue weighted by Crippen LogP contribution is -2.58. The van der Waals surface area contributed by atoms with E-state index in [0.717, 1.165) is 13.0 Å². The Kier molecular flexibility index (Phi) is 7.25. The summed E-state index contributed by atoms with van der Waals surface area (Å²) in [7, 11) is 4.44. The van der Waals surface area contributed by atoms with Gasteiger partial charge in [0.1, 0.15) is 0 Å². The third kappa shape index (κ3) is 4.07. The van der Waals surface area contributed by atoms with Crippen LogP contribution in [0.3, 0.4) is 0 Å². The fourth-order valence-electron chi connectivity index (χ4n) is 3.45. The molecule has 0 aromatic heterocycles. The maximum Gasteiger partial charge on any atom is 0.0351 e. The Balaban J connectivity index is 2.81. The maximum atomic E-state index is 3.74. The standard InChI is InChI=1S/C18H32N2/c1-6-18(7-2,20(4)5)17(19-8-3)15-14-16-12-10-9-11-13-16/h9-13,17,19H,6-8,14-15H2,1-5H3. The number of aryl methyl sites for hydroxylation is 1. The fourth-order valence-corrected chi connectivity index (χ4v) is 3.45. The van der Waals surface area contributed by atoms with Crippen LogP contribution in [-0.4, -0.2) is 37.1 Å². The van der Waals surface area contributed by atoms with Crippen molar-refractivity contribution in [3.8, 4) is 0 Å². The molecule has 1 rings (SSSR count). The predicted octanol–water partition coefficient (Wildman–Crippen LogP) is 3.72. The molecular weight excluding hydrogens is 244 g/mol. The normalized spacial score (nSPS) is 13.7. The largest absolute Gasteiger partial charge is 0.312 e. The monoisotopic (exact) mass is 276 g/mol. The molecule has 2 nitrogen and oxygen atoms in total. The second-order valence-corrected chi connectivity index (χ2v) is 5.84. The van der Waals surface area contributed by atoms with E-state index in [4.69, 9.17) is 0 Å². The summed E-state index contributed by atoms with van der Waals surface area (Å²) in [5.74, 6) is 0. The first-order valence-corrected chi connectivity index (χ1v) is 8.05. The van der Waals surface area contributed by atoms with Crippen molar-refractivity contribution in [1.29, 1.82) is 0 Å². The smallest absolute Gasteiger partial charge is 0.0351 e. The Morgan fingerprint density at radius 3 is 2.10 bits per heavy atom. The number of likely N-dealkylation sites (N-methyl/N-ethyl adjacent to an activating group) is 2. The molecule has 1 aromatic carbocycles. The SMILES string of the molecule is CCNC(CCc1ccccc1)C(CC)(CC)N(C)C. The van der Waals surface area contributed by atoms with E-state index in [1.807, 2.05) is 0 Å². The second kappa shape index (κ2) is 8.43. The van der Waals surface area contributed by atoms with Crippen LogP contribution in [0, 0.1) is 0 Å². The quantitative estimate of drug-likeness (QED) is 0.739. The second-order valence-electron chi connectivity index (χ2n) is 5.84. The third-order valence-corrected chi connectivity index (χ3v) is 4.78. The van der Waals surface area contributed by atoms with Crippen LogP contribution in [0.2, 0.25) is 0 Å². The topological polar surface area (TPSA) is 15.3 Å². The summed E-state index contributed by atoms with van der Waals surface area (Å²) in [4.78, 5) is 2.42. The van der Waals surface area contributed by atoms with Gasteiger partial charge in [-0.05, 0) is 51.9 Å². The molecule has 0 spiro atoms. The van der Waals surface area contributed by atoms with Crippen molar-refractivity contribution in [2.45, 2.75) is 58.0 Å². The van der Waals surface area contributed by atoms with E-state index >= 15 is 0 Å². The average molecular weight is 276 g/mol. The summed E-state index contributed by atoms with van der Waals surface area (Å²) >= 11 is 0. The first-order valence-electron chi connectivity index (χ1n) is 8.05. The van der Waals surface area contributed by atoms with Crippen LogP contribution in [0.1, 0.15) is 45.6 Å². The summed E-state index contributed by atoms with van der Waals surface area (Å²) in [6, 6.07) is 11.4. The third-order valence-electron chi connectivity index (χ3n) is 4.78. The summed E-state index contributed by atoms with van der Waals surface area (Å²) in [6.07, 6.45) is 4.71. The number of hydrogen-bond donors (Lipinski definition) is 1. The minimum atomic E-state index is 0.255. The Morgan fingerprint density at radius 1 is 1.05 bits per heavy atom. The highest BCUT2D eigenvalue weighted by molar-refractivity contribution is 5.15. The van der Waals surface area contributed by atoms with Crippen molar-refractivity contribution in [2.24, 2.45) is 0 Å². The molecule has 0 saturated heterocycles. The highest BCUT2D eigenvalue weighted by Gasteiger charge is 2.36. The van der Waals surface area contributed by atoms with Crippen LogP contribution >= 0.6 is 0 Å². The fraction of sp³-hybridized carbons (Fsp3) is 0.667. The van der Waals surface area contributed by atoms with E-state index < -0.39 is 0 Å². The molecule has 114 valence electrons. The van der Waals surface area contributed by atoms with Gasteiger partial charge in [-0.25, -0.2) is 0 Å². The van der Waals surface area contributed by atoms with Gasteiger partial charge in [-0.15, -0.1) is 0 Å². The van der Waals surface area contributed by atoms with Crippen molar-refractivity contribution < 1.29 is 0 Å². The predicted molar refractivity (Wildman–Crippen MR) is 89.2 cm³/mol. The highest BCUT2D eigenvalue weighted by Crippen LogP contribution is 2.28. The maximum absolute atomic E-state index is 3.74. The zero-order valence-electron chi connectivity index (χ0n) is 13.9. The molecule has 0 heterocycles. The lowest BCUT2D eigenvalue weighted by molar-refractivity contribution is 0.0850. The van der Waals surface area contributed by atoms with Gasteiger partial charge in [0, 0.05) is 11.6 Å². The summed E-state index contributed by atoms with van der Waals surface area (Å²) < 4.78 is 0. The van der Waals surface area contributed by atoms with Gasteiger partial charge < -0.3 is 10.2 Å². The van der Waals surface area contributed by atoms with Crippen LogP contribution in [0.15, 0.2) is 30.3 Å². The van der Waals surface area contributed by atoms with E-state index in [-0.39, 0.29) is 5.54 Å². The van der Waals surface area contributed by atoms with Gasteiger partial charge in [0.05, 0.1) is 0 Å². The Morgan fingerprint density at radius 2 is 1.65 bits per heavy atom. The number of benzene rings is 1. The van der Waals surface area contributed by atoms with E-state index in [2.05, 4.69) is 75.4 Å². The summed E-state index contributed by atoms with van der Waals surface area (Å²) in [6.45, 7) is 7.88. The van der Waals surface area contributed by atoms with Gasteiger partial charge in [-0.3, -0.25) is 0 Å². The van der Waals surface area contributed by atoms with Crippen molar-refractivity contribution in [3.63, 3.8) is 0 Å². The van der Waals surface area contributed by atoms with Crippen LogP contribution in [0.4, 0.5) is 0 Å². The van der Waals surface area contributed by atoms with E-state index in [1.54, 1.807) is 0 Å². The van der Waals surface area contributed by atoms with Gasteiger partial charge in [0.2, 0.25) is 0 Å². The molecule has 1 N–H and O–H groups in total. The lowest BCUT2D eigenvalue weighted by atomic mass is 9.80. The van der Waals surface area contributed by atoms with Gasteiger partial charge >= 0.3 is 0 Å². The first kappa shape index (κ1) is 17.2. The summed E-state index contributed by atoms with van der Waals surface area (Å²) in [5.41, 5.74) is 1.69. The Hall–Kier alpha value is -0.860. The molecular formula is C18H32N2. The van der Waals surface area contributed by atoms with Crippen molar-refractivity contribution in [1.82, 2.24) is 10.2 Å². The van der Waals surface area contributed by atoms with E-state index in [9.17, 15) is 0 Å². The Bertz CT molecular complexity index is 355. The highest BCUT2D eigenvalue weighted by atomic mass is 15.2. The molecule has 1 aromatic rings. The molecule has 0 saturated carbocycles. The van der Waals surface area contributed by atoms with E-state index in [0.29, 0.717) is 6.04 Å². The van der Waals surface area contributed by atoms with Gasteiger partial charge in [-0.2, -0.15) is 0 Å². The molecule has 2 heteroatoms.